The minimum atomic E-state index is -0.425. The molecule has 90 valence electrons. The van der Waals surface area contributed by atoms with Crippen LogP contribution in [0.3, 0.4) is 0 Å². The van der Waals surface area contributed by atoms with E-state index in [1.54, 1.807) is 0 Å². The lowest BCUT2D eigenvalue weighted by Crippen LogP contribution is -2.43. The van der Waals surface area contributed by atoms with Crippen LogP contribution in [-0.4, -0.2) is 32.2 Å². The Morgan fingerprint density at radius 1 is 1.47 bits per heavy atom. The van der Waals surface area contributed by atoms with E-state index >= 15 is 0 Å². The summed E-state index contributed by atoms with van der Waals surface area (Å²) in [5.74, 6) is 0.0454. The van der Waals surface area contributed by atoms with Crippen molar-refractivity contribution < 1.29 is 9.53 Å². The number of nitrogens with one attached hydrogen (secondary N) is 1. The number of ether oxygens (including phenoxy) is 1. The second kappa shape index (κ2) is 7.65. The third-order valence-corrected chi connectivity index (χ3v) is 2.73. The largest absolute Gasteiger partial charge is 0.382 e. The van der Waals surface area contributed by atoms with E-state index in [1.165, 1.54) is 0 Å². The molecule has 0 spiro atoms. The number of hydrogen-bond acceptors (Lipinski definition) is 3. The van der Waals surface area contributed by atoms with Gasteiger partial charge in [-0.2, -0.15) is 0 Å². The van der Waals surface area contributed by atoms with Gasteiger partial charge >= 0.3 is 0 Å². The molecule has 3 N–H and O–H groups in total. The van der Waals surface area contributed by atoms with Crippen LogP contribution < -0.4 is 11.1 Å². The Kier molecular flexibility index (Phi) is 7.34. The molecule has 0 aliphatic carbocycles. The molecule has 0 rings (SSSR count). The molecule has 1 unspecified atom stereocenters. The summed E-state index contributed by atoms with van der Waals surface area (Å²) in [5, 5.41) is 2.89. The first-order valence-corrected chi connectivity index (χ1v) is 5.66. The molecule has 0 saturated heterocycles. The molecule has 4 heteroatoms. The van der Waals surface area contributed by atoms with Crippen LogP contribution in [-0.2, 0) is 9.53 Å². The summed E-state index contributed by atoms with van der Waals surface area (Å²) in [6, 6.07) is 0. The summed E-state index contributed by atoms with van der Waals surface area (Å²) in [5.41, 5.74) is 5.16. The summed E-state index contributed by atoms with van der Waals surface area (Å²) in [6.07, 6.45) is 1.62. The fraction of sp³-hybridized carbons (Fsp3) is 0.909. The Morgan fingerprint density at radius 3 is 2.60 bits per heavy atom. The van der Waals surface area contributed by atoms with Gasteiger partial charge < -0.3 is 15.8 Å². The van der Waals surface area contributed by atoms with Gasteiger partial charge in [-0.1, -0.05) is 6.92 Å². The molecule has 0 fully saturated rings. The molecule has 0 radical (unpaired) electrons. The molecule has 1 amide bonds. The Morgan fingerprint density at radius 2 is 2.13 bits per heavy atom. The first-order valence-electron chi connectivity index (χ1n) is 5.66. The van der Waals surface area contributed by atoms with Gasteiger partial charge in [0.2, 0.25) is 5.91 Å². The van der Waals surface area contributed by atoms with Crippen LogP contribution in [0.5, 0.6) is 0 Å². The van der Waals surface area contributed by atoms with E-state index in [-0.39, 0.29) is 5.91 Å². The molecular formula is C11H24N2O2. The van der Waals surface area contributed by atoms with E-state index in [0.29, 0.717) is 19.7 Å². The average Bonchev–Trinajstić information content (AvgIpc) is 2.27. The maximum absolute atomic E-state index is 11.7. The molecule has 0 aliphatic rings. The van der Waals surface area contributed by atoms with Gasteiger partial charge in [0.05, 0.1) is 5.41 Å². The molecule has 0 saturated carbocycles. The number of nitrogens with two attached hydrogens (primary N) is 1. The lowest BCUT2D eigenvalue weighted by Gasteiger charge is -2.24. The monoisotopic (exact) mass is 216 g/mol. The molecule has 0 aromatic heterocycles. The standard InChI is InChI=1S/C11H24N2O2/c1-4-11(3,9-12)10(14)13-7-6-8-15-5-2/h4-9,12H2,1-3H3,(H,13,14). The molecule has 0 aromatic rings. The van der Waals surface area contributed by atoms with Crippen molar-refractivity contribution in [2.45, 2.75) is 33.6 Å². The van der Waals surface area contributed by atoms with Gasteiger partial charge in [0.25, 0.3) is 0 Å². The molecule has 15 heavy (non-hydrogen) atoms. The highest BCUT2D eigenvalue weighted by Gasteiger charge is 2.28. The number of rotatable bonds is 8. The molecule has 0 bridgehead atoms. The highest BCUT2D eigenvalue weighted by Crippen LogP contribution is 2.18. The highest BCUT2D eigenvalue weighted by molar-refractivity contribution is 5.82. The topological polar surface area (TPSA) is 64.3 Å². The van der Waals surface area contributed by atoms with Crippen LogP contribution in [0, 0.1) is 5.41 Å². The first kappa shape index (κ1) is 14.4. The van der Waals surface area contributed by atoms with Crippen LogP contribution in [0.4, 0.5) is 0 Å². The molecule has 1 atom stereocenters. The van der Waals surface area contributed by atoms with E-state index in [4.69, 9.17) is 10.5 Å². The number of carbonyl (C=O) groups excluding carboxylic acids is 1. The SMILES string of the molecule is CCOCCCNC(=O)C(C)(CC)CN. The summed E-state index contributed by atoms with van der Waals surface area (Å²) in [7, 11) is 0. The minimum absolute atomic E-state index is 0.0454. The second-order valence-corrected chi connectivity index (χ2v) is 3.92. The van der Waals surface area contributed by atoms with Gasteiger partial charge in [-0.25, -0.2) is 0 Å². The van der Waals surface area contributed by atoms with Crippen molar-refractivity contribution in [3.05, 3.63) is 0 Å². The summed E-state index contributed by atoms with van der Waals surface area (Å²) in [4.78, 5) is 11.7. The number of carbonyl (C=O) groups is 1. The van der Waals surface area contributed by atoms with E-state index < -0.39 is 5.41 Å². The van der Waals surface area contributed by atoms with Crippen molar-refractivity contribution in [1.29, 1.82) is 0 Å². The maximum Gasteiger partial charge on any atom is 0.227 e. The zero-order chi connectivity index (χ0) is 11.7. The van der Waals surface area contributed by atoms with Gasteiger partial charge in [-0.05, 0) is 26.7 Å². The van der Waals surface area contributed by atoms with Gasteiger partial charge in [-0.3, -0.25) is 4.79 Å². The lowest BCUT2D eigenvalue weighted by atomic mass is 9.87. The molecule has 0 aliphatic heterocycles. The quantitative estimate of drug-likeness (QED) is 0.593. The Hall–Kier alpha value is -0.610. The van der Waals surface area contributed by atoms with E-state index in [2.05, 4.69) is 5.32 Å². The third kappa shape index (κ3) is 5.14. The Bertz CT molecular complexity index is 179. The summed E-state index contributed by atoms with van der Waals surface area (Å²) >= 11 is 0. The highest BCUT2D eigenvalue weighted by atomic mass is 16.5. The Balaban J connectivity index is 3.73. The fourth-order valence-electron chi connectivity index (χ4n) is 1.13. The van der Waals surface area contributed by atoms with Gasteiger partial charge in [-0.15, -0.1) is 0 Å². The number of hydrogen-bond donors (Lipinski definition) is 2. The second-order valence-electron chi connectivity index (χ2n) is 3.92. The van der Waals surface area contributed by atoms with Crippen LogP contribution in [0.25, 0.3) is 0 Å². The van der Waals surface area contributed by atoms with Crippen molar-refractivity contribution in [2.24, 2.45) is 11.1 Å². The van der Waals surface area contributed by atoms with Crippen molar-refractivity contribution in [3.63, 3.8) is 0 Å². The van der Waals surface area contributed by atoms with Crippen molar-refractivity contribution in [2.75, 3.05) is 26.3 Å². The maximum atomic E-state index is 11.7. The average molecular weight is 216 g/mol. The predicted octanol–water partition coefficient (Wildman–Crippen LogP) is 0.904. The third-order valence-electron chi connectivity index (χ3n) is 2.73. The summed E-state index contributed by atoms with van der Waals surface area (Å²) < 4.78 is 5.18. The van der Waals surface area contributed by atoms with Crippen LogP contribution >= 0.6 is 0 Å². The van der Waals surface area contributed by atoms with E-state index in [1.807, 2.05) is 20.8 Å². The number of amides is 1. The predicted molar refractivity (Wildman–Crippen MR) is 61.6 cm³/mol. The van der Waals surface area contributed by atoms with Crippen molar-refractivity contribution in [1.82, 2.24) is 5.32 Å². The van der Waals surface area contributed by atoms with E-state index in [9.17, 15) is 4.79 Å². The minimum Gasteiger partial charge on any atom is -0.382 e. The van der Waals surface area contributed by atoms with Gasteiger partial charge in [0, 0.05) is 26.3 Å². The zero-order valence-corrected chi connectivity index (χ0v) is 10.1. The van der Waals surface area contributed by atoms with Gasteiger partial charge in [0.15, 0.2) is 0 Å². The smallest absolute Gasteiger partial charge is 0.227 e. The zero-order valence-electron chi connectivity index (χ0n) is 10.1. The molecule has 0 aromatic carbocycles. The van der Waals surface area contributed by atoms with Crippen LogP contribution in [0.15, 0.2) is 0 Å². The molecule has 4 nitrogen and oxygen atoms in total. The molecule has 0 heterocycles. The normalized spacial score (nSPS) is 14.7. The summed E-state index contributed by atoms with van der Waals surface area (Å²) in [6.45, 7) is 8.31. The van der Waals surface area contributed by atoms with Crippen molar-refractivity contribution in [3.8, 4) is 0 Å². The first-order chi connectivity index (χ1) is 7.10. The van der Waals surface area contributed by atoms with Gasteiger partial charge in [0.1, 0.15) is 0 Å². The lowest BCUT2D eigenvalue weighted by molar-refractivity contribution is -0.129. The van der Waals surface area contributed by atoms with Crippen LogP contribution in [0.1, 0.15) is 33.6 Å². The molecular weight excluding hydrogens is 192 g/mol. The van der Waals surface area contributed by atoms with Crippen molar-refractivity contribution >= 4 is 5.91 Å². The van der Waals surface area contributed by atoms with E-state index in [0.717, 1.165) is 19.4 Å². The Labute approximate surface area is 92.6 Å². The van der Waals surface area contributed by atoms with Crippen LogP contribution in [0.2, 0.25) is 0 Å². The fourth-order valence-corrected chi connectivity index (χ4v) is 1.13.